The molecule has 0 N–H and O–H groups in total. The van der Waals surface area contributed by atoms with Crippen LogP contribution >= 0.6 is 34.2 Å². The zero-order valence-electron chi connectivity index (χ0n) is 11.6. The lowest BCUT2D eigenvalue weighted by Crippen LogP contribution is -2.21. The molecule has 2 aliphatic carbocycles. The molecule has 1 aromatic heterocycles. The van der Waals surface area contributed by atoms with E-state index < -0.39 is 0 Å². The van der Waals surface area contributed by atoms with Crippen molar-refractivity contribution in [2.75, 3.05) is 0 Å². The Kier molecular flexibility index (Phi) is 3.66. The van der Waals surface area contributed by atoms with Crippen LogP contribution in [0.15, 0.2) is 24.3 Å². The quantitative estimate of drug-likeness (QED) is 0.510. The van der Waals surface area contributed by atoms with Crippen molar-refractivity contribution in [2.45, 2.75) is 43.9 Å². The maximum absolute atomic E-state index is 6.39. The summed E-state index contributed by atoms with van der Waals surface area (Å²) in [7, 11) is 0. The average Bonchev–Trinajstić information content (AvgIpc) is 2.98. The normalized spacial score (nSPS) is 21.1. The molecule has 2 aliphatic rings. The van der Waals surface area contributed by atoms with Gasteiger partial charge in [0.1, 0.15) is 11.0 Å². The second-order valence-corrected chi connectivity index (χ2v) is 7.45. The van der Waals surface area contributed by atoms with Crippen LogP contribution in [-0.4, -0.2) is 9.97 Å². The molecule has 21 heavy (non-hydrogen) atoms. The smallest absolute Gasteiger partial charge is 0.146 e. The molecule has 2 nitrogen and oxygen atoms in total. The highest BCUT2D eigenvalue weighted by Gasteiger charge is 2.31. The van der Waals surface area contributed by atoms with E-state index in [0.29, 0.717) is 17.0 Å². The average molecular weight is 411 g/mol. The van der Waals surface area contributed by atoms with Gasteiger partial charge < -0.3 is 0 Å². The predicted molar refractivity (Wildman–Crippen MR) is 93.0 cm³/mol. The van der Waals surface area contributed by atoms with Gasteiger partial charge in [0.15, 0.2) is 0 Å². The van der Waals surface area contributed by atoms with Gasteiger partial charge in [-0.05, 0) is 53.0 Å². The third kappa shape index (κ3) is 2.38. The molecule has 4 rings (SSSR count). The zero-order valence-corrected chi connectivity index (χ0v) is 14.6. The fraction of sp³-hybridized carbons (Fsp3) is 0.412. The monoisotopic (exact) mass is 410 g/mol. The lowest BCUT2D eigenvalue weighted by molar-refractivity contribution is 0.626. The number of aromatic nitrogens is 2. The summed E-state index contributed by atoms with van der Waals surface area (Å²) in [5.74, 6) is 1.82. The molecule has 0 aliphatic heterocycles. The molecular weight excluding hydrogens is 395 g/mol. The molecular formula is C17H16ClIN2. The molecule has 1 atom stereocenters. The second-order valence-electron chi connectivity index (χ2n) is 6.01. The van der Waals surface area contributed by atoms with Gasteiger partial charge in [-0.1, -0.05) is 48.7 Å². The first kappa shape index (κ1) is 13.9. The van der Waals surface area contributed by atoms with Gasteiger partial charge >= 0.3 is 0 Å². The van der Waals surface area contributed by atoms with Crippen LogP contribution in [-0.2, 0) is 6.42 Å². The Hall–Kier alpha value is -0.680. The van der Waals surface area contributed by atoms with Gasteiger partial charge in [-0.3, -0.25) is 0 Å². The minimum atomic E-state index is 0.329. The Labute approximate surface area is 143 Å². The molecule has 0 spiro atoms. The van der Waals surface area contributed by atoms with E-state index in [2.05, 4.69) is 51.8 Å². The Bertz CT molecular complexity index is 695. The largest absolute Gasteiger partial charge is 0.236 e. The Balaban J connectivity index is 1.74. The third-order valence-corrected chi connectivity index (χ3v) is 6.42. The fourth-order valence-electron chi connectivity index (χ4n) is 3.57. The van der Waals surface area contributed by atoms with E-state index in [4.69, 9.17) is 16.6 Å². The molecule has 0 amide bonds. The molecule has 2 aromatic rings. The molecule has 1 heterocycles. The van der Waals surface area contributed by atoms with Crippen LogP contribution in [0, 0.1) is 3.57 Å². The minimum absolute atomic E-state index is 0.329. The highest BCUT2D eigenvalue weighted by molar-refractivity contribution is 14.1. The summed E-state index contributed by atoms with van der Waals surface area (Å²) in [6.07, 6.45) is 6.14. The highest BCUT2D eigenvalue weighted by Crippen LogP contribution is 2.41. The fourth-order valence-corrected chi connectivity index (χ4v) is 4.43. The zero-order chi connectivity index (χ0) is 14.4. The summed E-state index contributed by atoms with van der Waals surface area (Å²) in [6.45, 7) is 0. The van der Waals surface area contributed by atoms with E-state index in [1.807, 2.05) is 0 Å². The van der Waals surface area contributed by atoms with Crippen molar-refractivity contribution in [2.24, 2.45) is 0 Å². The first-order valence-corrected chi connectivity index (χ1v) is 9.00. The summed E-state index contributed by atoms with van der Waals surface area (Å²) >= 11 is 8.70. The molecule has 0 bridgehead atoms. The number of hydrogen-bond donors (Lipinski definition) is 0. The first-order valence-electron chi connectivity index (χ1n) is 7.54. The van der Waals surface area contributed by atoms with E-state index in [9.17, 15) is 0 Å². The van der Waals surface area contributed by atoms with Gasteiger partial charge in [0.2, 0.25) is 0 Å². The van der Waals surface area contributed by atoms with E-state index >= 15 is 0 Å². The summed E-state index contributed by atoms with van der Waals surface area (Å²) in [5.41, 5.74) is 3.97. The van der Waals surface area contributed by atoms with Crippen molar-refractivity contribution in [3.63, 3.8) is 0 Å². The van der Waals surface area contributed by atoms with E-state index in [1.54, 1.807) is 0 Å². The van der Waals surface area contributed by atoms with Crippen molar-refractivity contribution >= 4 is 34.2 Å². The molecule has 0 saturated heterocycles. The van der Waals surface area contributed by atoms with Crippen LogP contribution in [0.1, 0.15) is 60.2 Å². The van der Waals surface area contributed by atoms with E-state index in [0.717, 1.165) is 15.8 Å². The first-order chi connectivity index (χ1) is 10.2. The summed E-state index contributed by atoms with van der Waals surface area (Å²) < 4.78 is 1.05. The lowest BCUT2D eigenvalue weighted by Gasteiger charge is -2.29. The number of fused-ring (bicyclic) bond motifs is 1. The summed E-state index contributed by atoms with van der Waals surface area (Å²) in [6, 6.07) is 8.57. The number of halogens is 2. The molecule has 0 radical (unpaired) electrons. The highest BCUT2D eigenvalue weighted by atomic mass is 127. The number of rotatable bonds is 2. The van der Waals surface area contributed by atoms with Crippen molar-refractivity contribution < 1.29 is 0 Å². The van der Waals surface area contributed by atoms with Crippen LogP contribution < -0.4 is 0 Å². The van der Waals surface area contributed by atoms with Gasteiger partial charge in [0.05, 0.1) is 9.26 Å². The summed E-state index contributed by atoms with van der Waals surface area (Å²) in [4.78, 5) is 9.51. The second kappa shape index (κ2) is 5.51. The van der Waals surface area contributed by atoms with E-state index in [1.165, 1.54) is 42.5 Å². The maximum atomic E-state index is 6.39. The van der Waals surface area contributed by atoms with Crippen LogP contribution in [0.5, 0.6) is 0 Å². The molecule has 4 heteroatoms. The standard InChI is InChI=1S/C17H16ClIN2/c18-16-14(19)15(10-5-1-2-6-10)20-17(21-16)13-9-11-7-3-4-8-12(11)13/h3-4,7-8,10,13H,1-2,5-6,9H2. The van der Waals surface area contributed by atoms with E-state index in [-0.39, 0.29) is 0 Å². The lowest BCUT2D eigenvalue weighted by atomic mass is 9.77. The molecule has 108 valence electrons. The molecule has 1 saturated carbocycles. The number of nitrogens with zero attached hydrogens (tertiary/aromatic N) is 2. The van der Waals surface area contributed by atoms with Crippen molar-refractivity contribution in [3.05, 3.63) is 55.6 Å². The Morgan fingerprint density at radius 2 is 1.86 bits per heavy atom. The molecule has 1 fully saturated rings. The third-order valence-electron chi connectivity index (χ3n) is 4.76. The van der Waals surface area contributed by atoms with Gasteiger partial charge in [-0.2, -0.15) is 0 Å². The van der Waals surface area contributed by atoms with Gasteiger partial charge in [-0.15, -0.1) is 0 Å². The molecule has 1 aromatic carbocycles. The summed E-state index contributed by atoms with van der Waals surface area (Å²) in [5, 5.41) is 0.631. The van der Waals surface area contributed by atoms with Gasteiger partial charge in [0, 0.05) is 11.8 Å². The minimum Gasteiger partial charge on any atom is -0.236 e. The van der Waals surface area contributed by atoms with Gasteiger partial charge in [-0.25, -0.2) is 9.97 Å². The van der Waals surface area contributed by atoms with Crippen LogP contribution in [0.3, 0.4) is 0 Å². The molecule has 1 unspecified atom stereocenters. The Morgan fingerprint density at radius 1 is 1.10 bits per heavy atom. The topological polar surface area (TPSA) is 25.8 Å². The number of hydrogen-bond acceptors (Lipinski definition) is 2. The SMILES string of the molecule is Clc1nc(C2Cc3ccccc32)nc(C2CCCC2)c1I. The number of benzene rings is 1. The van der Waals surface area contributed by atoms with Gasteiger partial charge in [0.25, 0.3) is 0 Å². The van der Waals surface area contributed by atoms with Crippen LogP contribution in [0.25, 0.3) is 0 Å². The predicted octanol–water partition coefficient (Wildman–Crippen LogP) is 5.08. The van der Waals surface area contributed by atoms with Crippen molar-refractivity contribution in [1.82, 2.24) is 9.97 Å². The van der Waals surface area contributed by atoms with Crippen LogP contribution in [0.2, 0.25) is 5.15 Å². The van der Waals surface area contributed by atoms with Crippen molar-refractivity contribution in [1.29, 1.82) is 0 Å². The van der Waals surface area contributed by atoms with Crippen LogP contribution in [0.4, 0.5) is 0 Å². The van der Waals surface area contributed by atoms with Crippen molar-refractivity contribution in [3.8, 4) is 0 Å². The Morgan fingerprint density at radius 3 is 2.62 bits per heavy atom. The maximum Gasteiger partial charge on any atom is 0.146 e.